The van der Waals surface area contributed by atoms with E-state index >= 15 is 0 Å². The Morgan fingerprint density at radius 2 is 1.86 bits per heavy atom. The first-order valence-corrected chi connectivity index (χ1v) is 9.95. The molecule has 0 radical (unpaired) electrons. The lowest BCUT2D eigenvalue weighted by molar-refractivity contribution is 0.0733. The summed E-state index contributed by atoms with van der Waals surface area (Å²) in [6.45, 7) is 2.97. The smallest absolute Gasteiger partial charge is 0.254 e. The highest BCUT2D eigenvalue weighted by Crippen LogP contribution is 2.41. The van der Waals surface area contributed by atoms with Gasteiger partial charge in [0.1, 0.15) is 11.5 Å². The summed E-state index contributed by atoms with van der Waals surface area (Å²) in [5, 5.41) is 0.351. The molecule has 0 aromatic heterocycles. The Hall–Kier alpha value is -2.60. The van der Waals surface area contributed by atoms with E-state index in [9.17, 15) is 4.79 Å². The predicted octanol–water partition coefficient (Wildman–Crippen LogP) is 4.74. The van der Waals surface area contributed by atoms with Crippen molar-refractivity contribution < 1.29 is 23.7 Å². The van der Waals surface area contributed by atoms with Crippen molar-refractivity contribution in [1.82, 2.24) is 4.90 Å². The van der Waals surface area contributed by atoms with E-state index in [0.717, 1.165) is 29.9 Å². The average molecular weight is 420 g/mol. The molecule has 1 aliphatic heterocycles. The van der Waals surface area contributed by atoms with Crippen LogP contribution in [0.1, 0.15) is 41.7 Å². The van der Waals surface area contributed by atoms with Crippen molar-refractivity contribution in [3.8, 4) is 23.0 Å². The number of hydrogen-bond acceptors (Lipinski definition) is 5. The molecular formula is C22H26ClNO5. The zero-order chi connectivity index (χ0) is 21.0. The third-order valence-corrected chi connectivity index (χ3v) is 5.36. The van der Waals surface area contributed by atoms with E-state index in [0.29, 0.717) is 35.2 Å². The van der Waals surface area contributed by atoms with Gasteiger partial charge in [0.25, 0.3) is 5.91 Å². The Kier molecular flexibility index (Phi) is 6.75. The third-order valence-electron chi connectivity index (χ3n) is 5.07. The van der Waals surface area contributed by atoms with Gasteiger partial charge in [-0.1, -0.05) is 11.6 Å². The molecule has 29 heavy (non-hydrogen) atoms. The number of halogens is 1. The molecule has 0 spiro atoms. The van der Waals surface area contributed by atoms with Crippen molar-refractivity contribution in [2.75, 3.05) is 34.5 Å². The number of likely N-dealkylation sites (tertiary alicyclic amines) is 1. The molecule has 1 amide bonds. The highest BCUT2D eigenvalue weighted by Gasteiger charge is 2.33. The molecule has 0 aliphatic carbocycles. The van der Waals surface area contributed by atoms with E-state index in [2.05, 4.69) is 0 Å². The van der Waals surface area contributed by atoms with Gasteiger partial charge in [-0.2, -0.15) is 0 Å². The molecule has 1 atom stereocenters. The van der Waals surface area contributed by atoms with E-state index < -0.39 is 0 Å². The summed E-state index contributed by atoms with van der Waals surface area (Å²) in [5.41, 5.74) is 1.39. The summed E-state index contributed by atoms with van der Waals surface area (Å²) in [4.78, 5) is 15.2. The van der Waals surface area contributed by atoms with Crippen LogP contribution in [0.15, 0.2) is 30.3 Å². The number of carbonyl (C=O) groups excluding carboxylic acids is 1. The normalized spacial score (nSPS) is 15.9. The number of rotatable bonds is 7. The highest BCUT2D eigenvalue weighted by atomic mass is 35.5. The Bertz CT molecular complexity index is 886. The average Bonchev–Trinajstić information content (AvgIpc) is 3.23. The van der Waals surface area contributed by atoms with Crippen LogP contribution in [-0.4, -0.2) is 45.3 Å². The summed E-state index contributed by atoms with van der Waals surface area (Å²) < 4.78 is 21.9. The standard InChI is InChI=1S/C22H26ClNO5/c1-5-29-21-17(23)11-14(12-20(21)28-4)22(25)24-10-6-7-18(24)16-13-15(26-2)8-9-19(16)27-3/h8-9,11-13,18H,5-7,10H2,1-4H3. The van der Waals surface area contributed by atoms with Crippen molar-refractivity contribution in [3.05, 3.63) is 46.5 Å². The molecule has 2 aromatic carbocycles. The number of nitrogens with zero attached hydrogens (tertiary/aromatic N) is 1. The molecule has 0 N–H and O–H groups in total. The number of ether oxygens (including phenoxy) is 4. The molecule has 1 unspecified atom stereocenters. The molecule has 1 saturated heterocycles. The van der Waals surface area contributed by atoms with Crippen LogP contribution in [0, 0.1) is 0 Å². The fourth-order valence-corrected chi connectivity index (χ4v) is 3.99. The number of methoxy groups -OCH3 is 3. The van der Waals surface area contributed by atoms with Crippen LogP contribution in [0.2, 0.25) is 5.02 Å². The van der Waals surface area contributed by atoms with Crippen molar-refractivity contribution in [2.24, 2.45) is 0 Å². The largest absolute Gasteiger partial charge is 0.497 e. The van der Waals surface area contributed by atoms with Crippen LogP contribution in [0.25, 0.3) is 0 Å². The quantitative estimate of drug-likeness (QED) is 0.648. The van der Waals surface area contributed by atoms with Gasteiger partial charge in [-0.3, -0.25) is 4.79 Å². The lowest BCUT2D eigenvalue weighted by atomic mass is 10.0. The fraction of sp³-hybridized carbons (Fsp3) is 0.409. The second kappa shape index (κ2) is 9.27. The minimum atomic E-state index is -0.111. The monoisotopic (exact) mass is 419 g/mol. The zero-order valence-corrected chi connectivity index (χ0v) is 17.9. The van der Waals surface area contributed by atoms with Crippen LogP contribution >= 0.6 is 11.6 Å². The minimum Gasteiger partial charge on any atom is -0.497 e. The Morgan fingerprint density at radius 1 is 1.10 bits per heavy atom. The summed E-state index contributed by atoms with van der Waals surface area (Å²) in [6, 6.07) is 8.85. The van der Waals surface area contributed by atoms with Crippen LogP contribution < -0.4 is 18.9 Å². The van der Waals surface area contributed by atoms with Crippen LogP contribution in [0.3, 0.4) is 0 Å². The highest BCUT2D eigenvalue weighted by molar-refractivity contribution is 6.32. The Labute approximate surface area is 176 Å². The van der Waals surface area contributed by atoms with Gasteiger partial charge in [0.15, 0.2) is 11.5 Å². The molecule has 156 valence electrons. The van der Waals surface area contributed by atoms with Gasteiger partial charge < -0.3 is 23.8 Å². The molecule has 6 nitrogen and oxygen atoms in total. The molecule has 0 bridgehead atoms. The molecule has 1 fully saturated rings. The number of amides is 1. The SMILES string of the molecule is CCOc1c(Cl)cc(C(=O)N2CCCC2c2cc(OC)ccc2OC)cc1OC. The van der Waals surface area contributed by atoms with Crippen LogP contribution in [0.4, 0.5) is 0 Å². The van der Waals surface area contributed by atoms with E-state index in [4.69, 9.17) is 30.5 Å². The van der Waals surface area contributed by atoms with Crippen molar-refractivity contribution in [2.45, 2.75) is 25.8 Å². The van der Waals surface area contributed by atoms with E-state index in [1.54, 1.807) is 26.4 Å². The number of benzene rings is 2. The van der Waals surface area contributed by atoms with Gasteiger partial charge in [-0.05, 0) is 50.1 Å². The van der Waals surface area contributed by atoms with Crippen molar-refractivity contribution >= 4 is 17.5 Å². The van der Waals surface area contributed by atoms with Crippen molar-refractivity contribution in [3.63, 3.8) is 0 Å². The minimum absolute atomic E-state index is 0.108. The van der Waals surface area contributed by atoms with Crippen LogP contribution in [0.5, 0.6) is 23.0 Å². The molecule has 7 heteroatoms. The van der Waals surface area contributed by atoms with Gasteiger partial charge in [0.05, 0.1) is 39.0 Å². The van der Waals surface area contributed by atoms with Gasteiger partial charge in [0.2, 0.25) is 0 Å². The zero-order valence-electron chi connectivity index (χ0n) is 17.2. The number of carbonyl (C=O) groups is 1. The van der Waals surface area contributed by atoms with E-state index in [1.807, 2.05) is 30.0 Å². The number of hydrogen-bond donors (Lipinski definition) is 0. The van der Waals surface area contributed by atoms with Gasteiger partial charge in [-0.15, -0.1) is 0 Å². The third kappa shape index (κ3) is 4.22. The van der Waals surface area contributed by atoms with E-state index in [1.165, 1.54) is 7.11 Å². The van der Waals surface area contributed by atoms with Crippen molar-refractivity contribution in [1.29, 1.82) is 0 Å². The molecule has 2 aromatic rings. The topological polar surface area (TPSA) is 57.2 Å². The molecular weight excluding hydrogens is 394 g/mol. The molecule has 1 aliphatic rings. The van der Waals surface area contributed by atoms with Gasteiger partial charge in [-0.25, -0.2) is 0 Å². The lowest BCUT2D eigenvalue weighted by Crippen LogP contribution is -2.30. The van der Waals surface area contributed by atoms with Gasteiger partial charge in [0, 0.05) is 17.7 Å². The Morgan fingerprint density at radius 3 is 2.52 bits per heavy atom. The molecule has 0 saturated carbocycles. The summed E-state index contributed by atoms with van der Waals surface area (Å²) in [5.74, 6) is 2.24. The van der Waals surface area contributed by atoms with Crippen LogP contribution in [-0.2, 0) is 0 Å². The molecule has 1 heterocycles. The Balaban J connectivity index is 1.96. The predicted molar refractivity (Wildman–Crippen MR) is 112 cm³/mol. The van der Waals surface area contributed by atoms with Gasteiger partial charge >= 0.3 is 0 Å². The maximum absolute atomic E-state index is 13.4. The summed E-state index contributed by atoms with van der Waals surface area (Å²) >= 11 is 6.37. The van der Waals surface area contributed by atoms with E-state index in [-0.39, 0.29) is 11.9 Å². The second-order valence-electron chi connectivity index (χ2n) is 6.69. The first-order valence-electron chi connectivity index (χ1n) is 9.57. The lowest BCUT2D eigenvalue weighted by Gasteiger charge is -2.27. The maximum Gasteiger partial charge on any atom is 0.254 e. The molecule has 3 rings (SSSR count). The first-order chi connectivity index (χ1) is 14.0. The first kappa shape index (κ1) is 21.1. The fourth-order valence-electron chi connectivity index (χ4n) is 3.73. The summed E-state index contributed by atoms with van der Waals surface area (Å²) in [7, 11) is 4.78. The maximum atomic E-state index is 13.4. The second-order valence-corrected chi connectivity index (χ2v) is 7.09. The summed E-state index contributed by atoms with van der Waals surface area (Å²) in [6.07, 6.45) is 1.75.